The van der Waals surface area contributed by atoms with E-state index >= 15 is 0 Å². The molecular formula is C17H17N3O2. The molecule has 0 unspecified atom stereocenters. The molecule has 0 aliphatic rings. The highest BCUT2D eigenvalue weighted by Gasteiger charge is 2.12. The molecule has 5 heteroatoms. The van der Waals surface area contributed by atoms with E-state index in [9.17, 15) is 15.2 Å². The number of aromatic hydroxyl groups is 1. The Labute approximate surface area is 129 Å². The Bertz CT molecular complexity index is 777. The molecule has 1 amide bonds. The third-order valence-electron chi connectivity index (χ3n) is 3.60. The summed E-state index contributed by atoms with van der Waals surface area (Å²) in [5, 5.41) is 21.1. The fraction of sp³-hybridized carbons (Fsp3) is 0.176. The number of nitrogens with zero attached hydrogens (tertiary/aromatic N) is 2. The first kappa shape index (κ1) is 15.4. The van der Waals surface area contributed by atoms with Gasteiger partial charge < -0.3 is 15.0 Å². The summed E-state index contributed by atoms with van der Waals surface area (Å²) in [4.78, 5) is 12.2. The van der Waals surface area contributed by atoms with E-state index in [1.54, 1.807) is 18.2 Å². The van der Waals surface area contributed by atoms with Crippen molar-refractivity contribution < 1.29 is 9.90 Å². The van der Waals surface area contributed by atoms with Gasteiger partial charge in [-0.3, -0.25) is 4.79 Å². The highest BCUT2D eigenvalue weighted by Crippen LogP contribution is 2.18. The third-order valence-corrected chi connectivity index (χ3v) is 3.60. The van der Waals surface area contributed by atoms with Crippen molar-refractivity contribution in [3.63, 3.8) is 0 Å². The molecule has 1 aromatic carbocycles. The molecule has 112 valence electrons. The van der Waals surface area contributed by atoms with Gasteiger partial charge in [0, 0.05) is 24.1 Å². The van der Waals surface area contributed by atoms with Crippen LogP contribution in [-0.2, 0) is 11.8 Å². The molecule has 0 fully saturated rings. The van der Waals surface area contributed by atoms with Crippen LogP contribution >= 0.6 is 0 Å². The number of phenolic OH excluding ortho intramolecular Hbond substituents is 1. The topological polar surface area (TPSA) is 78.1 Å². The number of rotatable bonds is 3. The highest BCUT2D eigenvalue weighted by molar-refractivity contribution is 6.09. The molecule has 0 radical (unpaired) electrons. The molecule has 0 saturated carbocycles. The van der Waals surface area contributed by atoms with Gasteiger partial charge in [0.05, 0.1) is 0 Å². The predicted molar refractivity (Wildman–Crippen MR) is 85.2 cm³/mol. The van der Waals surface area contributed by atoms with Crippen LogP contribution in [0.3, 0.4) is 0 Å². The van der Waals surface area contributed by atoms with Crippen molar-refractivity contribution in [2.75, 3.05) is 5.32 Å². The second-order valence-corrected chi connectivity index (χ2v) is 5.06. The van der Waals surface area contributed by atoms with Crippen molar-refractivity contribution in [3.05, 3.63) is 52.9 Å². The van der Waals surface area contributed by atoms with Gasteiger partial charge in [0.25, 0.3) is 5.91 Å². The van der Waals surface area contributed by atoms with E-state index in [2.05, 4.69) is 5.32 Å². The summed E-state index contributed by atoms with van der Waals surface area (Å²) < 4.78 is 2.00. The summed E-state index contributed by atoms with van der Waals surface area (Å²) in [5.74, 6) is -0.362. The van der Waals surface area contributed by atoms with Gasteiger partial charge in [0.2, 0.25) is 0 Å². The van der Waals surface area contributed by atoms with Crippen LogP contribution in [0.4, 0.5) is 5.69 Å². The first-order valence-corrected chi connectivity index (χ1v) is 6.77. The minimum Gasteiger partial charge on any atom is -0.508 e. The minimum absolute atomic E-state index is 0.0294. The SMILES string of the molecule is Cc1cc(C=C(C#N)C(=O)Nc2ccc(O)cc2)c(C)n1C. The molecule has 22 heavy (non-hydrogen) atoms. The minimum atomic E-state index is -0.478. The molecular weight excluding hydrogens is 278 g/mol. The van der Waals surface area contributed by atoms with Crippen LogP contribution in [0.5, 0.6) is 5.75 Å². The number of hydrogen-bond donors (Lipinski definition) is 2. The number of aryl methyl sites for hydroxylation is 1. The molecule has 0 aliphatic heterocycles. The summed E-state index contributed by atoms with van der Waals surface area (Å²) >= 11 is 0. The number of benzene rings is 1. The highest BCUT2D eigenvalue weighted by atomic mass is 16.3. The van der Waals surface area contributed by atoms with Gasteiger partial charge in [0.15, 0.2) is 0 Å². The van der Waals surface area contributed by atoms with Gasteiger partial charge in [-0.25, -0.2) is 0 Å². The van der Waals surface area contributed by atoms with Crippen LogP contribution in [0, 0.1) is 25.2 Å². The Morgan fingerprint density at radius 1 is 1.32 bits per heavy atom. The Hall–Kier alpha value is -3.00. The first-order chi connectivity index (χ1) is 10.4. The molecule has 5 nitrogen and oxygen atoms in total. The predicted octanol–water partition coefficient (Wildman–Crippen LogP) is 2.89. The number of hydrogen-bond acceptors (Lipinski definition) is 3. The average molecular weight is 295 g/mol. The zero-order valence-corrected chi connectivity index (χ0v) is 12.7. The van der Waals surface area contributed by atoms with Crippen molar-refractivity contribution in [2.45, 2.75) is 13.8 Å². The van der Waals surface area contributed by atoms with Gasteiger partial charge in [-0.1, -0.05) is 0 Å². The fourth-order valence-corrected chi connectivity index (χ4v) is 2.08. The standard InChI is InChI=1S/C17H17N3O2/c1-11-8-13(12(2)20(11)3)9-14(10-18)17(22)19-15-4-6-16(21)7-5-15/h4-9,21H,1-3H3,(H,19,22). The molecule has 0 bridgehead atoms. The second-order valence-electron chi connectivity index (χ2n) is 5.06. The maximum absolute atomic E-state index is 12.2. The lowest BCUT2D eigenvalue weighted by atomic mass is 10.1. The summed E-state index contributed by atoms with van der Waals surface area (Å²) in [7, 11) is 1.94. The number of aromatic nitrogens is 1. The lowest BCUT2D eigenvalue weighted by Gasteiger charge is -2.04. The van der Waals surface area contributed by atoms with Crippen LogP contribution in [0.2, 0.25) is 0 Å². The average Bonchev–Trinajstić information content (AvgIpc) is 2.74. The Morgan fingerprint density at radius 3 is 2.45 bits per heavy atom. The maximum atomic E-state index is 12.2. The largest absolute Gasteiger partial charge is 0.508 e. The van der Waals surface area contributed by atoms with Crippen LogP contribution in [0.1, 0.15) is 17.0 Å². The summed E-state index contributed by atoms with van der Waals surface area (Å²) in [6.45, 7) is 3.90. The van der Waals surface area contributed by atoms with Crippen molar-refractivity contribution >= 4 is 17.7 Å². The third kappa shape index (κ3) is 3.18. The second kappa shape index (κ2) is 6.19. The van der Waals surface area contributed by atoms with E-state index in [1.165, 1.54) is 12.1 Å². The molecule has 0 atom stereocenters. The van der Waals surface area contributed by atoms with Crippen molar-refractivity contribution in [1.29, 1.82) is 5.26 Å². The van der Waals surface area contributed by atoms with Gasteiger partial charge in [-0.15, -0.1) is 0 Å². The van der Waals surface area contributed by atoms with E-state index in [-0.39, 0.29) is 11.3 Å². The number of carbonyl (C=O) groups excluding carboxylic acids is 1. The molecule has 0 aliphatic carbocycles. The van der Waals surface area contributed by atoms with Crippen LogP contribution < -0.4 is 5.32 Å². The first-order valence-electron chi connectivity index (χ1n) is 6.77. The van der Waals surface area contributed by atoms with E-state index in [0.29, 0.717) is 5.69 Å². The fourth-order valence-electron chi connectivity index (χ4n) is 2.08. The zero-order chi connectivity index (χ0) is 16.3. The van der Waals surface area contributed by atoms with Crippen LogP contribution in [0.15, 0.2) is 35.9 Å². The molecule has 1 heterocycles. The van der Waals surface area contributed by atoms with Gasteiger partial charge in [0.1, 0.15) is 17.4 Å². The van der Waals surface area contributed by atoms with E-state index < -0.39 is 5.91 Å². The molecule has 2 N–H and O–H groups in total. The number of nitriles is 1. The molecule has 0 spiro atoms. The van der Waals surface area contributed by atoms with Crippen molar-refractivity contribution in [2.24, 2.45) is 7.05 Å². The maximum Gasteiger partial charge on any atom is 0.266 e. The monoisotopic (exact) mass is 295 g/mol. The Balaban J connectivity index is 2.25. The smallest absolute Gasteiger partial charge is 0.266 e. The summed E-state index contributed by atoms with van der Waals surface area (Å²) in [6, 6.07) is 9.94. The van der Waals surface area contributed by atoms with E-state index in [0.717, 1.165) is 17.0 Å². The van der Waals surface area contributed by atoms with Gasteiger partial charge in [-0.05, 0) is 55.8 Å². The number of carbonyl (C=O) groups is 1. The quantitative estimate of drug-likeness (QED) is 0.519. The molecule has 2 aromatic rings. The zero-order valence-electron chi connectivity index (χ0n) is 12.7. The van der Waals surface area contributed by atoms with Gasteiger partial charge in [-0.2, -0.15) is 5.26 Å². The molecule has 1 aromatic heterocycles. The normalized spacial score (nSPS) is 11.1. The lowest BCUT2D eigenvalue weighted by molar-refractivity contribution is -0.112. The summed E-state index contributed by atoms with van der Waals surface area (Å²) in [6.07, 6.45) is 1.58. The van der Waals surface area contributed by atoms with Crippen LogP contribution in [0.25, 0.3) is 6.08 Å². The number of anilines is 1. The van der Waals surface area contributed by atoms with Crippen LogP contribution in [-0.4, -0.2) is 15.6 Å². The van der Waals surface area contributed by atoms with E-state index in [1.807, 2.05) is 37.6 Å². The number of phenols is 1. The Kier molecular flexibility index (Phi) is 4.33. The van der Waals surface area contributed by atoms with Gasteiger partial charge >= 0.3 is 0 Å². The van der Waals surface area contributed by atoms with Crippen molar-refractivity contribution in [3.8, 4) is 11.8 Å². The lowest BCUT2D eigenvalue weighted by Crippen LogP contribution is -2.13. The summed E-state index contributed by atoms with van der Waals surface area (Å²) in [5.41, 5.74) is 3.44. The molecule has 0 saturated heterocycles. The Morgan fingerprint density at radius 2 is 1.95 bits per heavy atom. The number of nitrogens with one attached hydrogen (secondary N) is 1. The number of amides is 1. The van der Waals surface area contributed by atoms with Crippen molar-refractivity contribution in [1.82, 2.24) is 4.57 Å². The van der Waals surface area contributed by atoms with E-state index in [4.69, 9.17) is 0 Å². The molecule has 2 rings (SSSR count).